The summed E-state index contributed by atoms with van der Waals surface area (Å²) in [6, 6.07) is 6.35. The molecular formula is C17H25Cl2N. The summed E-state index contributed by atoms with van der Waals surface area (Å²) in [4.78, 5) is 0. The van der Waals surface area contributed by atoms with E-state index in [0.717, 1.165) is 18.9 Å². The van der Waals surface area contributed by atoms with Crippen LogP contribution in [0.2, 0.25) is 10.0 Å². The molecule has 1 nitrogen and oxygen atoms in total. The van der Waals surface area contributed by atoms with Gasteiger partial charge in [-0.1, -0.05) is 68.3 Å². The quantitative estimate of drug-likeness (QED) is 0.678. The molecule has 20 heavy (non-hydrogen) atoms. The summed E-state index contributed by atoms with van der Waals surface area (Å²) < 4.78 is 0. The highest BCUT2D eigenvalue weighted by atomic mass is 35.5. The van der Waals surface area contributed by atoms with Gasteiger partial charge in [0.15, 0.2) is 0 Å². The molecule has 0 aromatic heterocycles. The van der Waals surface area contributed by atoms with E-state index < -0.39 is 0 Å². The third-order valence-corrected chi connectivity index (χ3v) is 5.16. The predicted molar refractivity (Wildman–Crippen MR) is 88.7 cm³/mol. The molecule has 112 valence electrons. The maximum atomic E-state index is 6.11. The lowest BCUT2D eigenvalue weighted by molar-refractivity contribution is 0.327. The number of benzene rings is 1. The van der Waals surface area contributed by atoms with Crippen molar-refractivity contribution in [1.82, 2.24) is 5.32 Å². The third-order valence-electron chi connectivity index (χ3n) is 4.42. The fourth-order valence-electron chi connectivity index (χ4n) is 3.16. The average molecular weight is 314 g/mol. The standard InChI is InChI=1S/C17H25Cl2N/c1-2-17(14-8-9-15(18)16(19)12-14)20-11-10-13-6-4-3-5-7-13/h8-9,12-13,17,20H,2-7,10-11H2,1H3. The molecule has 1 aromatic carbocycles. The first-order valence-corrected chi connectivity index (χ1v) is 8.64. The van der Waals surface area contributed by atoms with Gasteiger partial charge in [-0.15, -0.1) is 0 Å². The lowest BCUT2D eigenvalue weighted by Crippen LogP contribution is -2.24. The van der Waals surface area contributed by atoms with Crippen molar-refractivity contribution in [1.29, 1.82) is 0 Å². The molecule has 3 heteroatoms. The number of rotatable bonds is 6. The van der Waals surface area contributed by atoms with Gasteiger partial charge in [0.25, 0.3) is 0 Å². The van der Waals surface area contributed by atoms with Gasteiger partial charge >= 0.3 is 0 Å². The Kier molecular flexibility index (Phi) is 6.67. The monoisotopic (exact) mass is 313 g/mol. The fourth-order valence-corrected chi connectivity index (χ4v) is 3.47. The molecule has 1 fully saturated rings. The Balaban J connectivity index is 1.83. The van der Waals surface area contributed by atoms with E-state index >= 15 is 0 Å². The van der Waals surface area contributed by atoms with Crippen molar-refractivity contribution in [3.63, 3.8) is 0 Å². The molecule has 0 radical (unpaired) electrons. The van der Waals surface area contributed by atoms with E-state index in [0.29, 0.717) is 16.1 Å². The zero-order chi connectivity index (χ0) is 14.4. The van der Waals surface area contributed by atoms with Gasteiger partial charge < -0.3 is 5.32 Å². The van der Waals surface area contributed by atoms with Gasteiger partial charge in [0.05, 0.1) is 10.0 Å². The zero-order valence-corrected chi connectivity index (χ0v) is 13.8. The van der Waals surface area contributed by atoms with E-state index in [1.807, 2.05) is 12.1 Å². The van der Waals surface area contributed by atoms with Crippen molar-refractivity contribution in [2.24, 2.45) is 5.92 Å². The van der Waals surface area contributed by atoms with Gasteiger partial charge in [-0.2, -0.15) is 0 Å². The molecule has 0 amide bonds. The fraction of sp³-hybridized carbons (Fsp3) is 0.647. The minimum atomic E-state index is 0.383. The highest BCUT2D eigenvalue weighted by molar-refractivity contribution is 6.42. The van der Waals surface area contributed by atoms with Crippen LogP contribution in [0.4, 0.5) is 0 Å². The Morgan fingerprint density at radius 2 is 1.90 bits per heavy atom. The normalized spacial score (nSPS) is 18.1. The van der Waals surface area contributed by atoms with E-state index in [1.54, 1.807) is 0 Å². The Morgan fingerprint density at radius 1 is 1.15 bits per heavy atom. The lowest BCUT2D eigenvalue weighted by Gasteiger charge is -2.23. The summed E-state index contributed by atoms with van der Waals surface area (Å²) in [5, 5.41) is 4.96. The molecule has 1 unspecified atom stereocenters. The Hall–Kier alpha value is -0.240. The van der Waals surface area contributed by atoms with Crippen molar-refractivity contribution < 1.29 is 0 Å². The zero-order valence-electron chi connectivity index (χ0n) is 12.3. The minimum Gasteiger partial charge on any atom is -0.310 e. The summed E-state index contributed by atoms with van der Waals surface area (Å²) in [5.41, 5.74) is 1.24. The number of hydrogen-bond donors (Lipinski definition) is 1. The first-order chi connectivity index (χ1) is 9.70. The third kappa shape index (κ3) is 4.65. The molecule has 2 rings (SSSR count). The lowest BCUT2D eigenvalue weighted by atomic mass is 9.87. The number of halogens is 2. The highest BCUT2D eigenvalue weighted by Crippen LogP contribution is 2.28. The van der Waals surface area contributed by atoms with Crippen LogP contribution >= 0.6 is 23.2 Å². The van der Waals surface area contributed by atoms with E-state index in [2.05, 4.69) is 18.3 Å². The van der Waals surface area contributed by atoms with Crippen LogP contribution in [0, 0.1) is 5.92 Å². The minimum absolute atomic E-state index is 0.383. The Morgan fingerprint density at radius 3 is 2.55 bits per heavy atom. The Labute approximate surface area is 133 Å². The summed E-state index contributed by atoms with van der Waals surface area (Å²) in [5.74, 6) is 0.933. The highest BCUT2D eigenvalue weighted by Gasteiger charge is 2.15. The van der Waals surface area contributed by atoms with Gasteiger partial charge in [0.2, 0.25) is 0 Å². The van der Waals surface area contributed by atoms with Crippen LogP contribution in [-0.2, 0) is 0 Å². The van der Waals surface area contributed by atoms with Gasteiger partial charge in [-0.05, 0) is 43.0 Å². The van der Waals surface area contributed by atoms with Crippen molar-refractivity contribution in [2.45, 2.75) is 57.9 Å². The molecule has 0 saturated heterocycles. The van der Waals surface area contributed by atoms with Crippen molar-refractivity contribution in [3.05, 3.63) is 33.8 Å². The molecule has 1 N–H and O–H groups in total. The molecular weight excluding hydrogens is 289 g/mol. The summed E-state index contributed by atoms with van der Waals surface area (Å²) in [6.45, 7) is 3.31. The van der Waals surface area contributed by atoms with Crippen molar-refractivity contribution in [3.8, 4) is 0 Å². The van der Waals surface area contributed by atoms with Crippen molar-refractivity contribution in [2.75, 3.05) is 6.54 Å². The van der Waals surface area contributed by atoms with E-state index in [1.165, 1.54) is 44.1 Å². The van der Waals surface area contributed by atoms with Gasteiger partial charge in [-0.25, -0.2) is 0 Å². The largest absolute Gasteiger partial charge is 0.310 e. The molecule has 0 spiro atoms. The molecule has 1 aliphatic rings. The molecule has 1 atom stereocenters. The van der Waals surface area contributed by atoms with Gasteiger partial charge in [0.1, 0.15) is 0 Å². The number of hydrogen-bond acceptors (Lipinski definition) is 1. The molecule has 0 bridgehead atoms. The van der Waals surface area contributed by atoms with Crippen LogP contribution < -0.4 is 5.32 Å². The van der Waals surface area contributed by atoms with Gasteiger partial charge in [-0.3, -0.25) is 0 Å². The van der Waals surface area contributed by atoms with E-state index in [9.17, 15) is 0 Å². The number of nitrogens with one attached hydrogen (secondary N) is 1. The Bertz CT molecular complexity index is 413. The molecule has 1 aliphatic carbocycles. The van der Waals surface area contributed by atoms with Crippen LogP contribution in [0.15, 0.2) is 18.2 Å². The van der Waals surface area contributed by atoms with Crippen LogP contribution in [0.5, 0.6) is 0 Å². The molecule has 1 saturated carbocycles. The van der Waals surface area contributed by atoms with Crippen molar-refractivity contribution >= 4 is 23.2 Å². The SMILES string of the molecule is CCC(NCCC1CCCCC1)c1ccc(Cl)c(Cl)c1. The van der Waals surface area contributed by atoms with Gasteiger partial charge in [0, 0.05) is 6.04 Å². The predicted octanol–water partition coefficient (Wildman–Crippen LogP) is 6.00. The smallest absolute Gasteiger partial charge is 0.0595 e. The maximum Gasteiger partial charge on any atom is 0.0595 e. The first-order valence-electron chi connectivity index (χ1n) is 7.89. The second kappa shape index (κ2) is 8.26. The van der Waals surface area contributed by atoms with Crippen LogP contribution in [0.3, 0.4) is 0 Å². The second-order valence-electron chi connectivity index (χ2n) is 5.88. The second-order valence-corrected chi connectivity index (χ2v) is 6.70. The first kappa shape index (κ1) is 16.1. The topological polar surface area (TPSA) is 12.0 Å². The summed E-state index contributed by atoms with van der Waals surface area (Å²) >= 11 is 12.1. The van der Waals surface area contributed by atoms with Crippen LogP contribution in [0.1, 0.15) is 63.5 Å². The van der Waals surface area contributed by atoms with Crippen LogP contribution in [0.25, 0.3) is 0 Å². The summed E-state index contributed by atoms with van der Waals surface area (Å²) in [7, 11) is 0. The average Bonchev–Trinajstić information content (AvgIpc) is 2.48. The van der Waals surface area contributed by atoms with E-state index in [4.69, 9.17) is 23.2 Å². The maximum absolute atomic E-state index is 6.11. The van der Waals surface area contributed by atoms with Crippen LogP contribution in [-0.4, -0.2) is 6.54 Å². The van der Waals surface area contributed by atoms with E-state index in [-0.39, 0.29) is 0 Å². The summed E-state index contributed by atoms with van der Waals surface area (Å²) in [6.07, 6.45) is 9.51. The molecule has 1 aromatic rings. The molecule has 0 aliphatic heterocycles. The molecule has 0 heterocycles.